The van der Waals surface area contributed by atoms with Crippen LogP contribution < -0.4 is 9.64 Å². The number of rotatable bonds is 3. The van der Waals surface area contributed by atoms with Crippen LogP contribution >= 0.6 is 0 Å². The number of para-hydroxylation sites is 1. The second-order valence-corrected chi connectivity index (χ2v) is 3.57. The van der Waals surface area contributed by atoms with Crippen molar-refractivity contribution in [2.75, 3.05) is 11.9 Å². The summed E-state index contributed by atoms with van der Waals surface area (Å²) in [6.07, 6.45) is 2.04. The van der Waals surface area contributed by atoms with E-state index in [1.54, 1.807) is 7.05 Å². The fourth-order valence-electron chi connectivity index (χ4n) is 1.42. The van der Waals surface area contributed by atoms with Gasteiger partial charge in [0.1, 0.15) is 11.5 Å². The number of ether oxygens (including phenoxy) is 1. The summed E-state index contributed by atoms with van der Waals surface area (Å²) in [6.45, 7) is 0. The SMILES string of the molecule is CN(C#N)c1ccc(Oc2ccccc2)cc1. The Morgan fingerprint density at radius 3 is 2.12 bits per heavy atom. The van der Waals surface area contributed by atoms with Crippen LogP contribution in [0.1, 0.15) is 0 Å². The van der Waals surface area contributed by atoms with E-state index in [0.29, 0.717) is 0 Å². The number of hydrogen-bond acceptors (Lipinski definition) is 3. The second kappa shape index (κ2) is 5.04. The molecule has 2 aromatic carbocycles. The van der Waals surface area contributed by atoms with Gasteiger partial charge in [-0.2, -0.15) is 5.26 Å². The highest BCUT2D eigenvalue weighted by Crippen LogP contribution is 2.23. The molecular formula is C14H12N2O. The van der Waals surface area contributed by atoms with Gasteiger partial charge in [0, 0.05) is 7.05 Å². The highest BCUT2D eigenvalue weighted by molar-refractivity contribution is 5.51. The largest absolute Gasteiger partial charge is 0.457 e. The van der Waals surface area contributed by atoms with Gasteiger partial charge in [0.05, 0.1) is 5.69 Å². The van der Waals surface area contributed by atoms with E-state index in [1.165, 1.54) is 4.90 Å². The minimum Gasteiger partial charge on any atom is -0.457 e. The summed E-state index contributed by atoms with van der Waals surface area (Å²) in [5.74, 6) is 1.56. The fraction of sp³-hybridized carbons (Fsp3) is 0.0714. The van der Waals surface area contributed by atoms with Crippen molar-refractivity contribution < 1.29 is 4.74 Å². The van der Waals surface area contributed by atoms with Crippen molar-refractivity contribution in [1.29, 1.82) is 5.26 Å². The molecule has 0 N–H and O–H groups in total. The first-order valence-corrected chi connectivity index (χ1v) is 5.26. The Kier molecular flexibility index (Phi) is 3.27. The lowest BCUT2D eigenvalue weighted by molar-refractivity contribution is 0.483. The van der Waals surface area contributed by atoms with Crippen molar-refractivity contribution in [1.82, 2.24) is 0 Å². The quantitative estimate of drug-likeness (QED) is 0.592. The highest BCUT2D eigenvalue weighted by Gasteiger charge is 2.00. The minimum atomic E-state index is 0.756. The lowest BCUT2D eigenvalue weighted by Crippen LogP contribution is -2.07. The molecule has 84 valence electrons. The molecule has 0 aliphatic rings. The van der Waals surface area contributed by atoms with E-state index in [1.807, 2.05) is 60.8 Å². The van der Waals surface area contributed by atoms with Crippen LogP contribution in [0.5, 0.6) is 11.5 Å². The summed E-state index contributed by atoms with van der Waals surface area (Å²) < 4.78 is 5.65. The molecule has 0 radical (unpaired) electrons. The van der Waals surface area contributed by atoms with Gasteiger partial charge in [0.25, 0.3) is 0 Å². The Labute approximate surface area is 100 Å². The van der Waals surface area contributed by atoms with E-state index in [2.05, 4.69) is 0 Å². The highest BCUT2D eigenvalue weighted by atomic mass is 16.5. The molecule has 0 aromatic heterocycles. The van der Waals surface area contributed by atoms with Gasteiger partial charge in [-0.15, -0.1) is 0 Å². The molecule has 0 amide bonds. The van der Waals surface area contributed by atoms with Crippen LogP contribution in [0.2, 0.25) is 0 Å². The Morgan fingerprint density at radius 2 is 1.53 bits per heavy atom. The molecule has 3 heteroatoms. The van der Waals surface area contributed by atoms with Crippen LogP contribution in [-0.4, -0.2) is 7.05 Å². The topological polar surface area (TPSA) is 36.3 Å². The van der Waals surface area contributed by atoms with E-state index < -0.39 is 0 Å². The zero-order chi connectivity index (χ0) is 12.1. The number of nitrogens with zero attached hydrogens (tertiary/aromatic N) is 2. The van der Waals surface area contributed by atoms with Gasteiger partial charge >= 0.3 is 0 Å². The van der Waals surface area contributed by atoms with E-state index in [4.69, 9.17) is 10.00 Å². The molecule has 17 heavy (non-hydrogen) atoms. The maximum absolute atomic E-state index is 8.74. The predicted octanol–water partition coefficient (Wildman–Crippen LogP) is 3.40. The van der Waals surface area contributed by atoms with Crippen molar-refractivity contribution in [3.05, 3.63) is 54.6 Å². The van der Waals surface area contributed by atoms with Crippen molar-refractivity contribution in [2.24, 2.45) is 0 Å². The summed E-state index contributed by atoms with van der Waals surface area (Å²) in [5, 5.41) is 8.74. The Balaban J connectivity index is 2.12. The number of anilines is 1. The molecule has 0 bridgehead atoms. The van der Waals surface area contributed by atoms with Crippen LogP contribution in [0.25, 0.3) is 0 Å². The van der Waals surface area contributed by atoms with Gasteiger partial charge in [-0.1, -0.05) is 18.2 Å². The molecule has 0 heterocycles. The molecule has 0 aliphatic heterocycles. The van der Waals surface area contributed by atoms with Crippen LogP contribution in [0.3, 0.4) is 0 Å². The van der Waals surface area contributed by atoms with Gasteiger partial charge in [-0.25, -0.2) is 0 Å². The predicted molar refractivity (Wildman–Crippen MR) is 67.0 cm³/mol. The third-order valence-electron chi connectivity index (χ3n) is 2.35. The molecule has 3 nitrogen and oxygen atoms in total. The van der Waals surface area contributed by atoms with E-state index in [0.717, 1.165) is 17.2 Å². The van der Waals surface area contributed by atoms with Gasteiger partial charge in [0.15, 0.2) is 6.19 Å². The Bertz CT molecular complexity index is 514. The van der Waals surface area contributed by atoms with Crippen molar-refractivity contribution >= 4 is 5.69 Å². The normalized spacial score (nSPS) is 9.41. The summed E-state index contributed by atoms with van der Waals surface area (Å²) in [7, 11) is 1.72. The maximum atomic E-state index is 8.74. The van der Waals surface area contributed by atoms with Gasteiger partial charge < -0.3 is 4.74 Å². The van der Waals surface area contributed by atoms with Crippen LogP contribution in [0.15, 0.2) is 54.6 Å². The third-order valence-corrected chi connectivity index (χ3v) is 2.35. The first-order valence-electron chi connectivity index (χ1n) is 5.26. The summed E-state index contributed by atoms with van der Waals surface area (Å²) >= 11 is 0. The minimum absolute atomic E-state index is 0.756. The third kappa shape index (κ3) is 2.76. The maximum Gasteiger partial charge on any atom is 0.183 e. The lowest BCUT2D eigenvalue weighted by Gasteiger charge is -2.10. The average molecular weight is 224 g/mol. The smallest absolute Gasteiger partial charge is 0.183 e. The molecule has 0 spiro atoms. The average Bonchev–Trinajstić information content (AvgIpc) is 2.40. The van der Waals surface area contributed by atoms with Crippen LogP contribution in [-0.2, 0) is 0 Å². The summed E-state index contributed by atoms with van der Waals surface area (Å²) in [5.41, 5.74) is 0.841. The molecule has 0 fully saturated rings. The molecule has 0 saturated carbocycles. The van der Waals surface area contributed by atoms with Crippen molar-refractivity contribution in [2.45, 2.75) is 0 Å². The molecule has 0 saturated heterocycles. The summed E-state index contributed by atoms with van der Waals surface area (Å²) in [6, 6.07) is 17.0. The summed E-state index contributed by atoms with van der Waals surface area (Å²) in [4.78, 5) is 1.49. The monoisotopic (exact) mass is 224 g/mol. The van der Waals surface area contributed by atoms with E-state index in [9.17, 15) is 0 Å². The van der Waals surface area contributed by atoms with Crippen molar-refractivity contribution in [3.8, 4) is 17.7 Å². The molecule has 0 unspecified atom stereocenters. The first-order chi connectivity index (χ1) is 8.29. The fourth-order valence-corrected chi connectivity index (χ4v) is 1.42. The molecule has 2 rings (SSSR count). The van der Waals surface area contributed by atoms with E-state index in [-0.39, 0.29) is 0 Å². The van der Waals surface area contributed by atoms with Crippen LogP contribution in [0.4, 0.5) is 5.69 Å². The van der Waals surface area contributed by atoms with Gasteiger partial charge in [-0.3, -0.25) is 4.90 Å². The Morgan fingerprint density at radius 1 is 0.941 bits per heavy atom. The molecule has 0 aliphatic carbocycles. The first kappa shape index (κ1) is 11.0. The molecule has 0 atom stereocenters. The van der Waals surface area contributed by atoms with Gasteiger partial charge in [-0.05, 0) is 36.4 Å². The molecular weight excluding hydrogens is 212 g/mol. The zero-order valence-electron chi connectivity index (χ0n) is 9.50. The van der Waals surface area contributed by atoms with Crippen molar-refractivity contribution in [3.63, 3.8) is 0 Å². The van der Waals surface area contributed by atoms with Crippen LogP contribution in [0, 0.1) is 11.5 Å². The van der Waals surface area contributed by atoms with Gasteiger partial charge in [0.2, 0.25) is 0 Å². The number of nitriles is 1. The molecule has 2 aromatic rings. The van der Waals surface area contributed by atoms with E-state index >= 15 is 0 Å². The number of benzene rings is 2. The zero-order valence-corrected chi connectivity index (χ0v) is 9.50. The second-order valence-electron chi connectivity index (χ2n) is 3.57. The number of hydrogen-bond donors (Lipinski definition) is 0. The standard InChI is InChI=1S/C14H12N2O/c1-16(11-15)12-7-9-14(10-8-12)17-13-5-3-2-4-6-13/h2-10H,1H3. The lowest BCUT2D eigenvalue weighted by atomic mass is 10.3. The Hall–Kier alpha value is -2.47.